The molecule has 1 aromatic rings. The molecule has 108 valence electrons. The van der Waals surface area contributed by atoms with E-state index >= 15 is 0 Å². The number of benzene rings is 1. The van der Waals surface area contributed by atoms with Crippen molar-refractivity contribution in [3.05, 3.63) is 41.7 Å². The van der Waals surface area contributed by atoms with Crippen LogP contribution in [0.25, 0.3) is 0 Å². The molecule has 0 unspecified atom stereocenters. The largest absolute Gasteiger partial charge is 0.478 e. The number of amides is 2. The number of hydrogen-bond donors (Lipinski definition) is 1. The number of rotatable bonds is 2. The third kappa shape index (κ3) is 1.94. The molecule has 1 aromatic carbocycles. The third-order valence-corrected chi connectivity index (χ3v) is 3.95. The molecule has 2 atom stereocenters. The van der Waals surface area contributed by atoms with Gasteiger partial charge in [0.2, 0.25) is 11.8 Å². The van der Waals surface area contributed by atoms with Crippen LogP contribution in [0.15, 0.2) is 30.4 Å². The Kier molecular flexibility index (Phi) is 3.08. The van der Waals surface area contributed by atoms with Crippen molar-refractivity contribution in [3.8, 4) is 0 Å². The molecule has 3 rings (SSSR count). The first-order valence-corrected chi connectivity index (χ1v) is 6.57. The zero-order valence-corrected chi connectivity index (χ0v) is 11.0. The maximum atomic E-state index is 13.7. The Morgan fingerprint density at radius 3 is 2.24 bits per heavy atom. The number of carboxylic acid groups (broad SMARTS) is 1. The van der Waals surface area contributed by atoms with E-state index in [0.29, 0.717) is 12.8 Å². The average Bonchev–Trinajstić information content (AvgIpc) is 2.71. The van der Waals surface area contributed by atoms with Crippen LogP contribution in [0, 0.1) is 17.7 Å². The molecule has 1 aliphatic carbocycles. The summed E-state index contributed by atoms with van der Waals surface area (Å²) in [7, 11) is 0. The molecule has 2 amide bonds. The fraction of sp³-hybridized carbons (Fsp3) is 0.267. The van der Waals surface area contributed by atoms with Gasteiger partial charge >= 0.3 is 5.97 Å². The minimum absolute atomic E-state index is 0.188. The summed E-state index contributed by atoms with van der Waals surface area (Å²) in [5, 5.41) is 9.14. The van der Waals surface area contributed by atoms with Gasteiger partial charge in [-0.3, -0.25) is 9.59 Å². The number of allylic oxidation sites excluding steroid dienone is 2. The van der Waals surface area contributed by atoms with E-state index in [9.17, 15) is 18.8 Å². The van der Waals surface area contributed by atoms with Crippen LogP contribution in [0.4, 0.5) is 10.1 Å². The summed E-state index contributed by atoms with van der Waals surface area (Å²) in [6.07, 6.45) is 4.56. The number of carboxylic acids is 1. The first-order valence-electron chi connectivity index (χ1n) is 6.57. The molecule has 5 nitrogen and oxygen atoms in total. The second-order valence-corrected chi connectivity index (χ2v) is 5.11. The Balaban J connectivity index is 2.10. The molecule has 1 fully saturated rings. The van der Waals surface area contributed by atoms with Crippen molar-refractivity contribution in [2.45, 2.75) is 12.8 Å². The maximum absolute atomic E-state index is 13.7. The fourth-order valence-electron chi connectivity index (χ4n) is 2.95. The molecule has 1 heterocycles. The number of anilines is 1. The Morgan fingerprint density at radius 1 is 1.14 bits per heavy atom. The van der Waals surface area contributed by atoms with E-state index in [1.165, 1.54) is 12.1 Å². The number of imide groups is 1. The van der Waals surface area contributed by atoms with Crippen LogP contribution in [-0.4, -0.2) is 22.9 Å². The van der Waals surface area contributed by atoms with Crippen LogP contribution in [0.1, 0.15) is 23.2 Å². The molecule has 0 aromatic heterocycles. The topological polar surface area (TPSA) is 74.7 Å². The smallest absolute Gasteiger partial charge is 0.340 e. The predicted molar refractivity (Wildman–Crippen MR) is 71.2 cm³/mol. The lowest BCUT2D eigenvalue weighted by atomic mass is 9.85. The number of aromatic carboxylic acids is 1. The van der Waals surface area contributed by atoms with Crippen molar-refractivity contribution in [3.63, 3.8) is 0 Å². The lowest BCUT2D eigenvalue weighted by Crippen LogP contribution is -2.32. The molecule has 21 heavy (non-hydrogen) atoms. The Hall–Kier alpha value is -2.50. The second kappa shape index (κ2) is 4.80. The van der Waals surface area contributed by atoms with Gasteiger partial charge in [-0.2, -0.15) is 0 Å². The van der Waals surface area contributed by atoms with Crippen LogP contribution in [-0.2, 0) is 9.59 Å². The van der Waals surface area contributed by atoms with Crippen molar-refractivity contribution in [2.24, 2.45) is 11.8 Å². The van der Waals surface area contributed by atoms with Gasteiger partial charge < -0.3 is 5.11 Å². The van der Waals surface area contributed by atoms with Gasteiger partial charge in [-0.1, -0.05) is 18.2 Å². The Morgan fingerprint density at radius 2 is 1.71 bits per heavy atom. The minimum Gasteiger partial charge on any atom is -0.478 e. The number of fused-ring (bicyclic) bond motifs is 1. The highest BCUT2D eigenvalue weighted by Gasteiger charge is 2.48. The monoisotopic (exact) mass is 289 g/mol. The molecule has 1 N–H and O–H groups in total. The first kappa shape index (κ1) is 13.5. The van der Waals surface area contributed by atoms with E-state index in [2.05, 4.69) is 0 Å². The fourth-order valence-corrected chi connectivity index (χ4v) is 2.95. The van der Waals surface area contributed by atoms with E-state index in [-0.39, 0.29) is 5.69 Å². The molecular weight excluding hydrogens is 277 g/mol. The van der Waals surface area contributed by atoms with Crippen LogP contribution in [0.2, 0.25) is 0 Å². The SMILES string of the molecule is O=C(O)c1c(F)cccc1N1C(=O)[C@H]2CC=CC[C@H]2C1=O. The number of nitrogens with zero attached hydrogens (tertiary/aromatic N) is 1. The Bertz CT molecular complexity index is 656. The zero-order valence-electron chi connectivity index (χ0n) is 11.0. The highest BCUT2D eigenvalue weighted by Crippen LogP contribution is 2.39. The van der Waals surface area contributed by atoms with Gasteiger partial charge in [0.05, 0.1) is 17.5 Å². The first-order chi connectivity index (χ1) is 10.0. The average molecular weight is 289 g/mol. The van der Waals surface area contributed by atoms with Crippen molar-refractivity contribution in [1.82, 2.24) is 0 Å². The maximum Gasteiger partial charge on any atom is 0.340 e. The highest BCUT2D eigenvalue weighted by atomic mass is 19.1. The molecule has 0 saturated carbocycles. The summed E-state index contributed by atoms with van der Waals surface area (Å²) in [5.74, 6) is -4.34. The molecule has 6 heteroatoms. The normalized spacial score (nSPS) is 24.3. The number of carbonyl (C=O) groups excluding carboxylic acids is 2. The van der Waals surface area contributed by atoms with Crippen molar-refractivity contribution in [1.29, 1.82) is 0 Å². The van der Waals surface area contributed by atoms with Gasteiger partial charge in [-0.25, -0.2) is 14.1 Å². The van der Waals surface area contributed by atoms with Crippen LogP contribution < -0.4 is 4.90 Å². The van der Waals surface area contributed by atoms with Gasteiger partial charge in [0.15, 0.2) is 0 Å². The summed E-state index contributed by atoms with van der Waals surface area (Å²) < 4.78 is 13.7. The summed E-state index contributed by atoms with van der Waals surface area (Å²) >= 11 is 0. The summed E-state index contributed by atoms with van der Waals surface area (Å²) in [4.78, 5) is 36.8. The van der Waals surface area contributed by atoms with Gasteiger partial charge in [-0.15, -0.1) is 0 Å². The van der Waals surface area contributed by atoms with Crippen molar-refractivity contribution in [2.75, 3.05) is 4.90 Å². The number of carbonyl (C=O) groups is 3. The molecule has 1 saturated heterocycles. The Labute approximate surface area is 119 Å². The lowest BCUT2D eigenvalue weighted by Gasteiger charge is -2.17. The number of halogens is 1. The number of hydrogen-bond acceptors (Lipinski definition) is 3. The predicted octanol–water partition coefficient (Wildman–Crippen LogP) is 1.98. The lowest BCUT2D eigenvalue weighted by molar-refractivity contribution is -0.122. The van der Waals surface area contributed by atoms with E-state index in [1.54, 1.807) is 0 Å². The van der Waals surface area contributed by atoms with Gasteiger partial charge in [0.25, 0.3) is 0 Å². The summed E-state index contributed by atoms with van der Waals surface area (Å²) in [5.41, 5.74) is -0.835. The summed E-state index contributed by atoms with van der Waals surface area (Å²) in [6, 6.07) is 3.57. The van der Waals surface area contributed by atoms with E-state index in [4.69, 9.17) is 5.11 Å². The minimum atomic E-state index is -1.50. The zero-order chi connectivity index (χ0) is 15.1. The highest BCUT2D eigenvalue weighted by molar-refractivity contribution is 6.24. The molecular formula is C15H12FNO4. The molecule has 2 aliphatic rings. The van der Waals surface area contributed by atoms with Crippen LogP contribution in [0.3, 0.4) is 0 Å². The van der Waals surface area contributed by atoms with Gasteiger partial charge in [0, 0.05) is 0 Å². The molecule has 0 radical (unpaired) electrons. The molecule has 0 bridgehead atoms. The van der Waals surface area contributed by atoms with Crippen LogP contribution in [0.5, 0.6) is 0 Å². The van der Waals surface area contributed by atoms with Gasteiger partial charge in [0.1, 0.15) is 11.4 Å². The van der Waals surface area contributed by atoms with Crippen molar-refractivity contribution < 1.29 is 23.9 Å². The van der Waals surface area contributed by atoms with E-state index in [0.717, 1.165) is 11.0 Å². The molecule has 0 spiro atoms. The van der Waals surface area contributed by atoms with E-state index < -0.39 is 41.0 Å². The van der Waals surface area contributed by atoms with Gasteiger partial charge in [-0.05, 0) is 25.0 Å². The third-order valence-electron chi connectivity index (χ3n) is 3.95. The van der Waals surface area contributed by atoms with E-state index in [1.807, 2.05) is 12.2 Å². The van der Waals surface area contributed by atoms with Crippen molar-refractivity contribution >= 4 is 23.5 Å². The summed E-state index contributed by atoms with van der Waals surface area (Å²) in [6.45, 7) is 0. The second-order valence-electron chi connectivity index (χ2n) is 5.11. The molecule has 1 aliphatic heterocycles. The quantitative estimate of drug-likeness (QED) is 0.667. The van der Waals surface area contributed by atoms with Crippen LogP contribution >= 0.6 is 0 Å². The standard InChI is InChI=1S/C15H12FNO4/c16-10-6-3-7-11(12(10)15(20)21)17-13(18)8-4-1-2-5-9(8)14(17)19/h1-3,6-9H,4-5H2,(H,20,21)/t8-,9+.